The Morgan fingerprint density at radius 2 is 2.19 bits per heavy atom. The molecule has 2 N–H and O–H groups in total. The fourth-order valence-electron chi connectivity index (χ4n) is 1.24. The minimum atomic E-state index is -0.493. The summed E-state index contributed by atoms with van der Waals surface area (Å²) in [7, 11) is 1.28. The number of rotatable bonds is 3. The maximum Gasteiger partial charge on any atom is 0.337 e. The van der Waals surface area contributed by atoms with Crippen LogP contribution in [0, 0.1) is 0 Å². The van der Waals surface area contributed by atoms with Crippen LogP contribution < -0.4 is 5.73 Å². The first-order valence-corrected chi connectivity index (χ1v) is 5.18. The predicted octanol–water partition coefficient (Wildman–Crippen LogP) is 1.98. The Balaban J connectivity index is 3.37. The Kier molecular flexibility index (Phi) is 4.25. The van der Waals surface area contributed by atoms with Crippen molar-refractivity contribution in [1.29, 1.82) is 0 Å². The molecular weight excluding hydrogens is 274 g/mol. The highest BCUT2D eigenvalue weighted by Gasteiger charge is 2.11. The van der Waals surface area contributed by atoms with Crippen molar-refractivity contribution < 1.29 is 14.3 Å². The summed E-state index contributed by atoms with van der Waals surface area (Å²) in [6.07, 6.45) is 3.56. The van der Waals surface area contributed by atoms with Crippen molar-refractivity contribution in [1.82, 2.24) is 0 Å². The van der Waals surface area contributed by atoms with E-state index < -0.39 is 5.97 Å². The molecule has 0 heterocycles. The van der Waals surface area contributed by atoms with Gasteiger partial charge < -0.3 is 10.5 Å². The number of benzene rings is 1. The van der Waals surface area contributed by atoms with E-state index in [1.165, 1.54) is 19.4 Å². The first-order chi connectivity index (χ1) is 7.63. The molecule has 1 aromatic rings. The third kappa shape index (κ3) is 2.49. The minimum absolute atomic E-state index is 0.311. The summed E-state index contributed by atoms with van der Waals surface area (Å²) in [6, 6.07) is 3.03. The summed E-state index contributed by atoms with van der Waals surface area (Å²) in [5.41, 5.74) is 6.58. The Hall–Kier alpha value is -1.62. The lowest BCUT2D eigenvalue weighted by Crippen LogP contribution is -2.03. The Morgan fingerprint density at radius 1 is 1.50 bits per heavy atom. The van der Waals surface area contributed by atoms with Gasteiger partial charge in [-0.2, -0.15) is 0 Å². The van der Waals surface area contributed by atoms with Gasteiger partial charge in [-0.25, -0.2) is 4.79 Å². The Morgan fingerprint density at radius 3 is 2.69 bits per heavy atom. The smallest absolute Gasteiger partial charge is 0.337 e. The fraction of sp³-hybridized carbons (Fsp3) is 0.0909. The van der Waals surface area contributed by atoms with Gasteiger partial charge in [0.25, 0.3) is 0 Å². The molecule has 0 atom stereocenters. The van der Waals surface area contributed by atoms with E-state index in [1.807, 2.05) is 0 Å². The van der Waals surface area contributed by atoms with Crippen molar-refractivity contribution in [2.75, 3.05) is 7.11 Å². The molecule has 5 heteroatoms. The van der Waals surface area contributed by atoms with Gasteiger partial charge in [-0.05, 0) is 24.4 Å². The standard InChI is InChI=1S/C11H10BrNO3/c1-16-11(15)7-4-8(6-14)9(2-3-13)10(12)5-7/h2-6H,13H2,1H3/b3-2-. The average molecular weight is 284 g/mol. The average Bonchev–Trinajstić information content (AvgIpc) is 2.30. The Labute approximate surface area is 101 Å². The number of carbonyl (C=O) groups is 2. The maximum absolute atomic E-state index is 11.3. The number of carbonyl (C=O) groups excluding carboxylic acids is 2. The largest absolute Gasteiger partial charge is 0.465 e. The van der Waals surface area contributed by atoms with Gasteiger partial charge in [0.1, 0.15) is 0 Å². The molecule has 0 saturated carbocycles. The van der Waals surface area contributed by atoms with E-state index in [0.29, 0.717) is 27.4 Å². The molecule has 0 bridgehead atoms. The van der Waals surface area contributed by atoms with Gasteiger partial charge in [0.05, 0.1) is 12.7 Å². The molecule has 16 heavy (non-hydrogen) atoms. The number of hydrogen-bond acceptors (Lipinski definition) is 4. The second-order valence-electron chi connectivity index (χ2n) is 2.93. The number of esters is 1. The zero-order chi connectivity index (χ0) is 12.1. The van der Waals surface area contributed by atoms with E-state index in [1.54, 1.807) is 12.1 Å². The molecule has 0 unspecified atom stereocenters. The molecule has 0 spiro atoms. The molecule has 1 aromatic carbocycles. The SMILES string of the molecule is COC(=O)c1cc(Br)c(/C=C\N)c(C=O)c1. The van der Waals surface area contributed by atoms with Gasteiger partial charge in [-0.3, -0.25) is 4.79 Å². The minimum Gasteiger partial charge on any atom is -0.465 e. The van der Waals surface area contributed by atoms with E-state index >= 15 is 0 Å². The van der Waals surface area contributed by atoms with Crippen molar-refractivity contribution >= 4 is 34.3 Å². The number of hydrogen-bond donors (Lipinski definition) is 1. The van der Waals surface area contributed by atoms with Crippen molar-refractivity contribution in [3.63, 3.8) is 0 Å². The van der Waals surface area contributed by atoms with Crippen molar-refractivity contribution in [2.45, 2.75) is 0 Å². The molecule has 0 saturated heterocycles. The van der Waals surface area contributed by atoms with Crippen LogP contribution in [0.1, 0.15) is 26.3 Å². The monoisotopic (exact) mass is 283 g/mol. The summed E-state index contributed by atoms with van der Waals surface area (Å²) in [5.74, 6) is -0.493. The molecule has 0 aliphatic heterocycles. The molecule has 1 rings (SSSR count). The van der Waals surface area contributed by atoms with E-state index in [9.17, 15) is 9.59 Å². The molecule has 0 aromatic heterocycles. The van der Waals surface area contributed by atoms with Crippen LogP contribution in [0.15, 0.2) is 22.8 Å². The summed E-state index contributed by atoms with van der Waals surface area (Å²) >= 11 is 3.26. The zero-order valence-electron chi connectivity index (χ0n) is 8.57. The van der Waals surface area contributed by atoms with Crippen LogP contribution in [-0.2, 0) is 4.74 Å². The normalized spacial score (nSPS) is 10.4. The first-order valence-electron chi connectivity index (χ1n) is 4.39. The quantitative estimate of drug-likeness (QED) is 0.680. The van der Waals surface area contributed by atoms with Crippen molar-refractivity contribution in [2.24, 2.45) is 5.73 Å². The summed E-state index contributed by atoms with van der Waals surface area (Å²) < 4.78 is 5.18. The summed E-state index contributed by atoms with van der Waals surface area (Å²) in [4.78, 5) is 22.2. The second kappa shape index (κ2) is 5.46. The van der Waals surface area contributed by atoms with E-state index in [-0.39, 0.29) is 0 Å². The third-order valence-corrected chi connectivity index (χ3v) is 2.63. The van der Waals surface area contributed by atoms with E-state index in [0.717, 1.165) is 0 Å². The van der Waals surface area contributed by atoms with Crippen LogP contribution in [0.3, 0.4) is 0 Å². The van der Waals surface area contributed by atoms with Crippen LogP contribution in [0.4, 0.5) is 0 Å². The lowest BCUT2D eigenvalue weighted by Gasteiger charge is -2.06. The molecule has 0 amide bonds. The van der Waals surface area contributed by atoms with Crippen LogP contribution in [0.2, 0.25) is 0 Å². The van der Waals surface area contributed by atoms with Gasteiger partial charge in [0.2, 0.25) is 0 Å². The van der Waals surface area contributed by atoms with E-state index in [4.69, 9.17) is 5.73 Å². The predicted molar refractivity (Wildman–Crippen MR) is 64.1 cm³/mol. The summed E-state index contributed by atoms with van der Waals surface area (Å²) in [5, 5.41) is 0. The van der Waals surface area contributed by atoms with Crippen molar-refractivity contribution in [3.05, 3.63) is 39.5 Å². The van der Waals surface area contributed by atoms with Gasteiger partial charge in [0, 0.05) is 15.6 Å². The van der Waals surface area contributed by atoms with Crippen molar-refractivity contribution in [3.8, 4) is 0 Å². The highest BCUT2D eigenvalue weighted by Crippen LogP contribution is 2.23. The van der Waals surface area contributed by atoms with Crippen LogP contribution in [0.5, 0.6) is 0 Å². The van der Waals surface area contributed by atoms with Crippen LogP contribution in [0.25, 0.3) is 6.08 Å². The van der Waals surface area contributed by atoms with Gasteiger partial charge in [0.15, 0.2) is 6.29 Å². The lowest BCUT2D eigenvalue weighted by molar-refractivity contribution is 0.0600. The zero-order valence-corrected chi connectivity index (χ0v) is 10.2. The molecular formula is C11H10BrNO3. The van der Waals surface area contributed by atoms with E-state index in [2.05, 4.69) is 20.7 Å². The number of ether oxygens (including phenoxy) is 1. The van der Waals surface area contributed by atoms with Gasteiger partial charge in [-0.15, -0.1) is 0 Å². The highest BCUT2D eigenvalue weighted by molar-refractivity contribution is 9.10. The first kappa shape index (κ1) is 12.4. The molecule has 0 radical (unpaired) electrons. The fourth-order valence-corrected chi connectivity index (χ4v) is 1.85. The number of aldehydes is 1. The Bertz CT molecular complexity index is 455. The number of nitrogens with two attached hydrogens (primary N) is 1. The maximum atomic E-state index is 11.3. The topological polar surface area (TPSA) is 69.4 Å². The number of halogens is 1. The number of methoxy groups -OCH3 is 1. The third-order valence-electron chi connectivity index (χ3n) is 1.97. The molecule has 4 nitrogen and oxygen atoms in total. The summed E-state index contributed by atoms with van der Waals surface area (Å²) in [6.45, 7) is 0. The van der Waals surface area contributed by atoms with Crippen LogP contribution >= 0.6 is 15.9 Å². The molecule has 0 aliphatic carbocycles. The van der Waals surface area contributed by atoms with Gasteiger partial charge >= 0.3 is 5.97 Å². The van der Waals surface area contributed by atoms with Crippen LogP contribution in [-0.4, -0.2) is 19.4 Å². The molecule has 84 valence electrons. The molecule has 0 aliphatic rings. The lowest BCUT2D eigenvalue weighted by atomic mass is 10.0. The van der Waals surface area contributed by atoms with Gasteiger partial charge in [-0.1, -0.05) is 15.9 Å². The second-order valence-corrected chi connectivity index (χ2v) is 3.78. The highest BCUT2D eigenvalue weighted by atomic mass is 79.9. The molecule has 0 fully saturated rings.